The van der Waals surface area contributed by atoms with Crippen LogP contribution >= 0.6 is 0 Å². The van der Waals surface area contributed by atoms with Gasteiger partial charge in [0.25, 0.3) is 11.5 Å². The van der Waals surface area contributed by atoms with Crippen molar-refractivity contribution in [3.05, 3.63) is 75.8 Å². The van der Waals surface area contributed by atoms with Crippen LogP contribution in [-0.4, -0.2) is 25.6 Å². The van der Waals surface area contributed by atoms with Gasteiger partial charge in [-0.05, 0) is 43.7 Å². The fourth-order valence-electron chi connectivity index (χ4n) is 3.21. The monoisotopic (exact) mass is 374 g/mol. The molecule has 140 valence electrons. The van der Waals surface area contributed by atoms with Crippen LogP contribution in [0, 0.1) is 6.92 Å². The van der Waals surface area contributed by atoms with E-state index in [1.165, 1.54) is 11.3 Å². The number of fused-ring (bicyclic) bond motifs is 2. The van der Waals surface area contributed by atoms with Gasteiger partial charge >= 0.3 is 0 Å². The Hall–Kier alpha value is -3.74. The highest BCUT2D eigenvalue weighted by Gasteiger charge is 2.18. The quantitative estimate of drug-likeness (QED) is 0.559. The number of carbonyl (C=O) groups excluding carboxylic acids is 2. The van der Waals surface area contributed by atoms with Gasteiger partial charge in [0.05, 0.1) is 5.39 Å². The molecule has 3 aromatic heterocycles. The molecule has 4 rings (SSSR count). The first-order valence-corrected chi connectivity index (χ1v) is 8.76. The van der Waals surface area contributed by atoms with Crippen molar-refractivity contribution in [1.29, 1.82) is 0 Å². The highest BCUT2D eigenvalue weighted by molar-refractivity contribution is 6.06. The molecule has 4 aromatic rings. The first kappa shape index (κ1) is 17.7. The van der Waals surface area contributed by atoms with E-state index in [0.29, 0.717) is 33.6 Å². The number of nitrogens with one attached hydrogen (secondary N) is 1. The zero-order chi connectivity index (χ0) is 20.0. The Bertz CT molecular complexity index is 1330. The molecule has 0 atom stereocenters. The van der Waals surface area contributed by atoms with Gasteiger partial charge in [-0.15, -0.1) is 0 Å². The summed E-state index contributed by atoms with van der Waals surface area (Å²) in [5, 5.41) is 3.15. The molecule has 0 spiro atoms. The first-order chi connectivity index (χ1) is 13.3. The maximum Gasteiger partial charge on any atom is 0.272 e. The Morgan fingerprint density at radius 2 is 1.89 bits per heavy atom. The van der Waals surface area contributed by atoms with Gasteiger partial charge in [-0.2, -0.15) is 0 Å². The van der Waals surface area contributed by atoms with Crippen molar-refractivity contribution in [3.63, 3.8) is 0 Å². The summed E-state index contributed by atoms with van der Waals surface area (Å²) in [7, 11) is 1.69. The number of Topliss-reactive ketones (excluding diaryl/α,β-unsaturated/α-hetero) is 1. The number of aryl methyl sites for hydroxylation is 2. The van der Waals surface area contributed by atoms with E-state index in [-0.39, 0.29) is 17.2 Å². The molecule has 7 nitrogen and oxygen atoms in total. The maximum absolute atomic E-state index is 12.8. The molecule has 0 aliphatic carbocycles. The van der Waals surface area contributed by atoms with Crippen molar-refractivity contribution < 1.29 is 9.59 Å². The molecule has 0 aliphatic rings. The molecule has 0 saturated carbocycles. The predicted molar refractivity (Wildman–Crippen MR) is 107 cm³/mol. The SMILES string of the molecule is CC(=O)c1cccc(NC(=O)c2cc3c(=O)n4cc(C)ccc4nc3n2C)c1. The van der Waals surface area contributed by atoms with Gasteiger partial charge in [-0.1, -0.05) is 18.2 Å². The molecule has 0 fully saturated rings. The first-order valence-electron chi connectivity index (χ1n) is 8.76. The predicted octanol–water partition coefficient (Wildman–Crippen LogP) is 2.95. The summed E-state index contributed by atoms with van der Waals surface area (Å²) in [5.74, 6) is -0.467. The lowest BCUT2D eigenvalue weighted by Gasteiger charge is -2.07. The Kier molecular flexibility index (Phi) is 4.07. The molecule has 1 aromatic carbocycles. The maximum atomic E-state index is 12.8. The van der Waals surface area contributed by atoms with Crippen LogP contribution in [0.25, 0.3) is 16.7 Å². The summed E-state index contributed by atoms with van der Waals surface area (Å²) in [6.07, 6.45) is 1.73. The van der Waals surface area contributed by atoms with Crippen molar-refractivity contribution >= 4 is 34.1 Å². The Morgan fingerprint density at radius 3 is 2.64 bits per heavy atom. The molecular formula is C21H18N4O3. The van der Waals surface area contributed by atoms with Gasteiger partial charge in [0, 0.05) is 24.5 Å². The van der Waals surface area contributed by atoms with Crippen molar-refractivity contribution in [2.45, 2.75) is 13.8 Å². The topological polar surface area (TPSA) is 85.5 Å². The lowest BCUT2D eigenvalue weighted by Crippen LogP contribution is -2.16. The number of rotatable bonds is 3. The summed E-state index contributed by atoms with van der Waals surface area (Å²) < 4.78 is 3.08. The molecule has 1 N–H and O–H groups in total. The minimum atomic E-state index is -0.383. The minimum absolute atomic E-state index is 0.0834. The van der Waals surface area contributed by atoms with Crippen molar-refractivity contribution in [1.82, 2.24) is 14.0 Å². The fraction of sp³-hybridized carbons (Fsp3) is 0.143. The van der Waals surface area contributed by atoms with Crippen LogP contribution in [0.15, 0.2) is 53.5 Å². The van der Waals surface area contributed by atoms with E-state index in [4.69, 9.17) is 0 Å². The average molecular weight is 374 g/mol. The number of hydrogen-bond acceptors (Lipinski definition) is 4. The van der Waals surface area contributed by atoms with Gasteiger partial charge in [0.1, 0.15) is 17.0 Å². The zero-order valence-electron chi connectivity index (χ0n) is 15.7. The average Bonchev–Trinajstić information content (AvgIpc) is 3.00. The van der Waals surface area contributed by atoms with Crippen LogP contribution in [0.4, 0.5) is 5.69 Å². The number of carbonyl (C=O) groups is 2. The Labute approximate surface area is 160 Å². The van der Waals surface area contributed by atoms with E-state index in [2.05, 4.69) is 10.3 Å². The normalized spacial score (nSPS) is 11.1. The van der Waals surface area contributed by atoms with E-state index in [1.807, 2.05) is 13.0 Å². The van der Waals surface area contributed by atoms with Gasteiger partial charge in [-0.3, -0.25) is 18.8 Å². The van der Waals surface area contributed by atoms with Crippen LogP contribution in [0.1, 0.15) is 33.3 Å². The lowest BCUT2D eigenvalue weighted by atomic mass is 10.1. The van der Waals surface area contributed by atoms with E-state index < -0.39 is 0 Å². The highest BCUT2D eigenvalue weighted by Crippen LogP contribution is 2.18. The smallest absolute Gasteiger partial charge is 0.272 e. The van der Waals surface area contributed by atoms with Crippen LogP contribution < -0.4 is 10.9 Å². The largest absolute Gasteiger partial charge is 0.324 e. The molecule has 0 saturated heterocycles. The molecule has 0 radical (unpaired) electrons. The van der Waals surface area contributed by atoms with E-state index >= 15 is 0 Å². The lowest BCUT2D eigenvalue weighted by molar-refractivity contribution is 0.100. The molecule has 1 amide bonds. The molecule has 3 heterocycles. The van der Waals surface area contributed by atoms with E-state index in [0.717, 1.165) is 5.56 Å². The number of benzene rings is 1. The van der Waals surface area contributed by atoms with Crippen molar-refractivity contribution in [2.75, 3.05) is 5.32 Å². The Balaban J connectivity index is 1.79. The third-order valence-corrected chi connectivity index (χ3v) is 4.71. The second kappa shape index (κ2) is 6.45. The van der Waals surface area contributed by atoms with Crippen molar-refractivity contribution in [3.8, 4) is 0 Å². The summed E-state index contributed by atoms with van der Waals surface area (Å²) in [6, 6.07) is 11.9. The van der Waals surface area contributed by atoms with Crippen LogP contribution in [-0.2, 0) is 7.05 Å². The summed E-state index contributed by atoms with van der Waals surface area (Å²) >= 11 is 0. The number of anilines is 1. The second-order valence-corrected chi connectivity index (χ2v) is 6.77. The van der Waals surface area contributed by atoms with Gasteiger partial charge in [0.2, 0.25) is 0 Å². The molecule has 0 unspecified atom stereocenters. The standard InChI is InChI=1S/C21H18N4O3/c1-12-7-8-18-23-19-16(21(28)25(18)11-12)10-17(24(19)3)20(27)22-15-6-4-5-14(9-15)13(2)26/h4-11H,1-3H3,(H,22,27). The summed E-state index contributed by atoms with van der Waals surface area (Å²) in [5.41, 5.74) is 3.00. The van der Waals surface area contributed by atoms with Crippen LogP contribution in [0.5, 0.6) is 0 Å². The van der Waals surface area contributed by atoms with Gasteiger partial charge in [-0.25, -0.2) is 4.98 Å². The number of ketones is 1. The zero-order valence-corrected chi connectivity index (χ0v) is 15.7. The van der Waals surface area contributed by atoms with Crippen molar-refractivity contribution in [2.24, 2.45) is 7.05 Å². The number of amides is 1. The van der Waals surface area contributed by atoms with Crippen LogP contribution in [0.3, 0.4) is 0 Å². The molecule has 0 aliphatic heterocycles. The molecule has 7 heteroatoms. The third-order valence-electron chi connectivity index (χ3n) is 4.71. The summed E-state index contributed by atoms with van der Waals surface area (Å²) in [4.78, 5) is 41.7. The number of pyridine rings is 1. The Morgan fingerprint density at radius 1 is 1.11 bits per heavy atom. The fourth-order valence-corrected chi connectivity index (χ4v) is 3.21. The highest BCUT2D eigenvalue weighted by atomic mass is 16.2. The van der Waals surface area contributed by atoms with Gasteiger partial charge < -0.3 is 9.88 Å². The minimum Gasteiger partial charge on any atom is -0.324 e. The number of hydrogen-bond donors (Lipinski definition) is 1. The third kappa shape index (κ3) is 2.87. The molecule has 0 bridgehead atoms. The van der Waals surface area contributed by atoms with E-state index in [9.17, 15) is 14.4 Å². The summed E-state index contributed by atoms with van der Waals surface area (Å²) in [6.45, 7) is 3.37. The van der Waals surface area contributed by atoms with Crippen LogP contribution in [0.2, 0.25) is 0 Å². The molecule has 28 heavy (non-hydrogen) atoms. The second-order valence-electron chi connectivity index (χ2n) is 6.77. The van der Waals surface area contributed by atoms with E-state index in [1.54, 1.807) is 54.2 Å². The number of nitrogens with zero attached hydrogens (tertiary/aromatic N) is 3. The van der Waals surface area contributed by atoms with Gasteiger partial charge in [0.15, 0.2) is 5.78 Å². The molecular weight excluding hydrogens is 356 g/mol. The number of aromatic nitrogens is 3.